The first kappa shape index (κ1) is 12.6. The Morgan fingerprint density at radius 3 is 2.94 bits per heavy atom. The normalized spacial score (nSPS) is 12.1. The summed E-state index contributed by atoms with van der Waals surface area (Å²) in [6.07, 6.45) is 4.94. The van der Waals surface area contributed by atoms with Crippen molar-refractivity contribution in [3.63, 3.8) is 0 Å². The van der Waals surface area contributed by atoms with Gasteiger partial charge < -0.3 is 10.4 Å². The molecule has 1 heterocycles. The molecule has 1 unspecified atom stereocenters. The van der Waals surface area contributed by atoms with Gasteiger partial charge in [-0.05, 0) is 12.5 Å². The summed E-state index contributed by atoms with van der Waals surface area (Å²) in [5.74, 6) is 0.242. The Morgan fingerprint density at radius 2 is 2.31 bits per heavy atom. The molecule has 2 N–H and O–H groups in total. The van der Waals surface area contributed by atoms with Crippen molar-refractivity contribution in [3.05, 3.63) is 24.0 Å². The molecule has 16 heavy (non-hydrogen) atoms. The first-order chi connectivity index (χ1) is 7.59. The predicted molar refractivity (Wildman–Crippen MR) is 61.8 cm³/mol. The highest BCUT2D eigenvalue weighted by molar-refractivity contribution is 7.84. The number of pyridine rings is 1. The number of aromatic hydroxyl groups is 1. The van der Waals surface area contributed by atoms with Gasteiger partial charge in [-0.15, -0.1) is 0 Å². The van der Waals surface area contributed by atoms with Gasteiger partial charge in [0.2, 0.25) is 0 Å². The zero-order valence-electron chi connectivity index (χ0n) is 8.97. The van der Waals surface area contributed by atoms with Crippen molar-refractivity contribution in [1.82, 2.24) is 10.3 Å². The summed E-state index contributed by atoms with van der Waals surface area (Å²) >= 11 is 0. The summed E-state index contributed by atoms with van der Waals surface area (Å²) in [4.78, 5) is 15.2. The maximum atomic E-state index is 11.5. The van der Waals surface area contributed by atoms with Crippen LogP contribution in [0.3, 0.4) is 0 Å². The van der Waals surface area contributed by atoms with Gasteiger partial charge in [-0.3, -0.25) is 14.0 Å². The summed E-state index contributed by atoms with van der Waals surface area (Å²) < 4.78 is 10.8. The summed E-state index contributed by atoms with van der Waals surface area (Å²) in [5.41, 5.74) is 0.317. The van der Waals surface area contributed by atoms with E-state index in [1.165, 1.54) is 18.5 Å². The first-order valence-corrected chi connectivity index (χ1v) is 6.54. The van der Waals surface area contributed by atoms with Crippen LogP contribution in [0, 0.1) is 0 Å². The molecule has 0 spiro atoms. The molecule has 0 aliphatic heterocycles. The van der Waals surface area contributed by atoms with Crippen LogP contribution in [0.5, 0.6) is 5.75 Å². The zero-order chi connectivity index (χ0) is 12.0. The fraction of sp³-hybridized carbons (Fsp3) is 0.400. The summed E-state index contributed by atoms with van der Waals surface area (Å²) in [6, 6.07) is 1.35. The van der Waals surface area contributed by atoms with Crippen LogP contribution in [0.4, 0.5) is 0 Å². The first-order valence-electron chi connectivity index (χ1n) is 4.82. The van der Waals surface area contributed by atoms with E-state index < -0.39 is 10.8 Å². The molecule has 1 amide bonds. The summed E-state index contributed by atoms with van der Waals surface area (Å²) in [5, 5.41) is 11.8. The highest BCUT2D eigenvalue weighted by Gasteiger charge is 2.05. The van der Waals surface area contributed by atoms with E-state index in [1.807, 2.05) is 0 Å². The SMILES string of the molecule is CS(=O)CCCNC(=O)c1cncc(O)c1. The molecule has 0 saturated heterocycles. The van der Waals surface area contributed by atoms with Crippen LogP contribution in [0.2, 0.25) is 0 Å². The molecule has 6 heteroatoms. The average Bonchev–Trinajstić information content (AvgIpc) is 2.24. The second-order valence-electron chi connectivity index (χ2n) is 3.32. The standard InChI is InChI=1S/C10H14N2O3S/c1-16(15)4-2-3-12-10(14)8-5-9(13)7-11-6-8/h5-7,13H,2-4H2,1H3,(H,12,14). The maximum absolute atomic E-state index is 11.5. The molecule has 0 saturated carbocycles. The van der Waals surface area contributed by atoms with Crippen molar-refractivity contribution in [1.29, 1.82) is 0 Å². The van der Waals surface area contributed by atoms with Gasteiger partial charge in [-0.1, -0.05) is 0 Å². The lowest BCUT2D eigenvalue weighted by Gasteiger charge is -2.04. The van der Waals surface area contributed by atoms with Crippen LogP contribution in [0.1, 0.15) is 16.8 Å². The third-order valence-corrected chi connectivity index (χ3v) is 2.74. The fourth-order valence-electron chi connectivity index (χ4n) is 1.13. The Kier molecular flexibility index (Phi) is 4.91. The minimum Gasteiger partial charge on any atom is -0.506 e. The lowest BCUT2D eigenvalue weighted by atomic mass is 10.2. The smallest absolute Gasteiger partial charge is 0.252 e. The van der Waals surface area contributed by atoms with E-state index in [0.717, 1.165) is 0 Å². The Hall–Kier alpha value is -1.43. The van der Waals surface area contributed by atoms with Crippen molar-refractivity contribution >= 4 is 16.7 Å². The summed E-state index contributed by atoms with van der Waals surface area (Å²) in [6.45, 7) is 0.466. The Bertz CT molecular complexity index is 395. The van der Waals surface area contributed by atoms with Gasteiger partial charge >= 0.3 is 0 Å². The van der Waals surface area contributed by atoms with E-state index >= 15 is 0 Å². The molecule has 0 fully saturated rings. The number of nitrogens with one attached hydrogen (secondary N) is 1. The summed E-state index contributed by atoms with van der Waals surface area (Å²) in [7, 11) is -0.832. The molecule has 5 nitrogen and oxygen atoms in total. The molecular formula is C10H14N2O3S. The van der Waals surface area contributed by atoms with Crippen LogP contribution in [-0.2, 0) is 10.8 Å². The van der Waals surface area contributed by atoms with Gasteiger partial charge in [0.05, 0.1) is 11.8 Å². The molecule has 0 aliphatic rings. The van der Waals surface area contributed by atoms with E-state index in [0.29, 0.717) is 24.3 Å². The molecule has 1 rings (SSSR count). The van der Waals surface area contributed by atoms with Crippen LogP contribution < -0.4 is 5.32 Å². The number of rotatable bonds is 5. The largest absolute Gasteiger partial charge is 0.506 e. The fourth-order valence-corrected chi connectivity index (χ4v) is 1.68. The highest BCUT2D eigenvalue weighted by atomic mass is 32.2. The van der Waals surface area contributed by atoms with Crippen LogP contribution in [0.25, 0.3) is 0 Å². The van der Waals surface area contributed by atoms with Gasteiger partial charge in [0.15, 0.2) is 0 Å². The number of amides is 1. The number of aromatic nitrogens is 1. The second kappa shape index (κ2) is 6.22. The van der Waals surface area contributed by atoms with E-state index in [2.05, 4.69) is 10.3 Å². The van der Waals surface area contributed by atoms with Gasteiger partial charge in [0.25, 0.3) is 5.91 Å². The van der Waals surface area contributed by atoms with E-state index in [4.69, 9.17) is 5.11 Å². The Morgan fingerprint density at radius 1 is 1.56 bits per heavy atom. The zero-order valence-corrected chi connectivity index (χ0v) is 9.79. The number of carbonyl (C=O) groups excluding carboxylic acids is 1. The average molecular weight is 242 g/mol. The monoisotopic (exact) mass is 242 g/mol. The molecule has 88 valence electrons. The van der Waals surface area contributed by atoms with Gasteiger partial charge in [0, 0.05) is 35.5 Å². The molecule has 0 aromatic carbocycles. The molecule has 0 radical (unpaired) electrons. The van der Waals surface area contributed by atoms with E-state index in [1.54, 1.807) is 6.26 Å². The van der Waals surface area contributed by atoms with Crippen LogP contribution >= 0.6 is 0 Å². The highest BCUT2D eigenvalue weighted by Crippen LogP contribution is 2.07. The maximum Gasteiger partial charge on any atom is 0.252 e. The number of carbonyl (C=O) groups is 1. The topological polar surface area (TPSA) is 79.3 Å². The molecule has 0 aliphatic carbocycles. The van der Waals surface area contributed by atoms with Crippen molar-refractivity contribution in [3.8, 4) is 5.75 Å². The van der Waals surface area contributed by atoms with Crippen molar-refractivity contribution in [2.45, 2.75) is 6.42 Å². The van der Waals surface area contributed by atoms with Gasteiger partial charge in [0.1, 0.15) is 5.75 Å². The van der Waals surface area contributed by atoms with Crippen LogP contribution in [-0.4, -0.2) is 38.8 Å². The quantitative estimate of drug-likeness (QED) is 0.727. The number of nitrogens with zero attached hydrogens (tertiary/aromatic N) is 1. The predicted octanol–water partition coefficient (Wildman–Crippen LogP) is 0.286. The van der Waals surface area contributed by atoms with Crippen molar-refractivity contribution in [2.75, 3.05) is 18.6 Å². The minimum absolute atomic E-state index is 0.0395. The van der Waals surface area contributed by atoms with Crippen molar-refractivity contribution in [2.24, 2.45) is 0 Å². The second-order valence-corrected chi connectivity index (χ2v) is 4.87. The van der Waals surface area contributed by atoms with Crippen LogP contribution in [0.15, 0.2) is 18.5 Å². The molecule has 1 atom stereocenters. The molecule has 0 bridgehead atoms. The van der Waals surface area contributed by atoms with Gasteiger partial charge in [-0.2, -0.15) is 0 Å². The Labute approximate surface area is 96.4 Å². The molecular weight excluding hydrogens is 228 g/mol. The van der Waals surface area contributed by atoms with Gasteiger partial charge in [-0.25, -0.2) is 0 Å². The minimum atomic E-state index is -0.832. The van der Waals surface area contributed by atoms with E-state index in [9.17, 15) is 9.00 Å². The lowest BCUT2D eigenvalue weighted by Crippen LogP contribution is -2.25. The Balaban J connectivity index is 2.38. The van der Waals surface area contributed by atoms with Crippen molar-refractivity contribution < 1.29 is 14.1 Å². The molecule has 1 aromatic rings. The third kappa shape index (κ3) is 4.39. The number of hydrogen-bond acceptors (Lipinski definition) is 4. The third-order valence-electron chi connectivity index (χ3n) is 1.88. The number of hydrogen-bond donors (Lipinski definition) is 2. The lowest BCUT2D eigenvalue weighted by molar-refractivity contribution is 0.0953. The van der Waals surface area contributed by atoms with E-state index in [-0.39, 0.29) is 11.7 Å². The molecule has 1 aromatic heterocycles.